The van der Waals surface area contributed by atoms with Crippen LogP contribution in [0, 0.1) is 0 Å². The van der Waals surface area contributed by atoms with E-state index < -0.39 is 0 Å². The summed E-state index contributed by atoms with van der Waals surface area (Å²) in [6, 6.07) is 3.85. The molecule has 9 heteroatoms. The molecule has 0 aliphatic carbocycles. The molecule has 7 nitrogen and oxygen atoms in total. The van der Waals surface area contributed by atoms with E-state index in [0.717, 1.165) is 36.5 Å². The van der Waals surface area contributed by atoms with E-state index in [1.165, 1.54) is 11.3 Å². The molecule has 3 heterocycles. The minimum atomic E-state index is -0.213. The standard InChI is InChI=1S/C17H23N5O2S2/c1-4-14-18-17(20-21(14)2)19-16(24)13-8-7-12(26-13)11-6-5-9-22(11)15(23)10-25-3/h7-8,11H,4-6,9-10H2,1-3H3,(H,19,20,24). The van der Waals surface area contributed by atoms with Crippen molar-refractivity contribution in [3.05, 3.63) is 27.7 Å². The maximum absolute atomic E-state index is 12.5. The fourth-order valence-electron chi connectivity index (χ4n) is 3.16. The van der Waals surface area contributed by atoms with Crippen LogP contribution in [0.4, 0.5) is 5.95 Å². The van der Waals surface area contributed by atoms with Crippen molar-refractivity contribution in [2.75, 3.05) is 23.9 Å². The van der Waals surface area contributed by atoms with Gasteiger partial charge in [-0.05, 0) is 31.2 Å². The lowest BCUT2D eigenvalue weighted by molar-refractivity contribution is -0.129. The summed E-state index contributed by atoms with van der Waals surface area (Å²) in [5, 5.41) is 6.97. The zero-order valence-electron chi connectivity index (χ0n) is 15.2. The third kappa shape index (κ3) is 3.93. The summed E-state index contributed by atoms with van der Waals surface area (Å²) >= 11 is 2.98. The predicted molar refractivity (Wildman–Crippen MR) is 105 cm³/mol. The SMILES string of the molecule is CCc1nc(NC(=O)c2ccc(C3CCCN3C(=O)CSC)s2)nn1C. The van der Waals surface area contributed by atoms with Gasteiger partial charge in [-0.15, -0.1) is 16.4 Å². The van der Waals surface area contributed by atoms with Crippen LogP contribution in [-0.4, -0.2) is 50.0 Å². The van der Waals surface area contributed by atoms with Crippen LogP contribution in [0.1, 0.15) is 46.2 Å². The highest BCUT2D eigenvalue weighted by atomic mass is 32.2. The number of hydrogen-bond acceptors (Lipinski definition) is 6. The van der Waals surface area contributed by atoms with E-state index in [9.17, 15) is 9.59 Å². The van der Waals surface area contributed by atoms with Crippen LogP contribution in [0.2, 0.25) is 0 Å². The topological polar surface area (TPSA) is 80.1 Å². The number of aromatic nitrogens is 3. The molecule has 1 fully saturated rings. The molecule has 1 saturated heterocycles. The Morgan fingerprint density at radius 1 is 1.42 bits per heavy atom. The molecular formula is C17H23N5O2S2. The maximum atomic E-state index is 12.5. The molecule has 0 saturated carbocycles. The molecule has 0 aromatic carbocycles. The molecule has 3 rings (SSSR count). The van der Waals surface area contributed by atoms with Gasteiger partial charge in [0.25, 0.3) is 5.91 Å². The first-order valence-electron chi connectivity index (χ1n) is 8.62. The fourth-order valence-corrected chi connectivity index (χ4v) is 4.63. The van der Waals surface area contributed by atoms with Gasteiger partial charge in [0.1, 0.15) is 5.82 Å². The van der Waals surface area contributed by atoms with Gasteiger partial charge in [-0.1, -0.05) is 6.92 Å². The predicted octanol–water partition coefficient (Wildman–Crippen LogP) is 2.72. The lowest BCUT2D eigenvalue weighted by Crippen LogP contribution is -2.31. The Labute approximate surface area is 161 Å². The van der Waals surface area contributed by atoms with E-state index in [1.54, 1.807) is 16.4 Å². The molecule has 1 unspecified atom stereocenters. The highest BCUT2D eigenvalue weighted by Gasteiger charge is 2.31. The molecule has 2 amide bonds. The smallest absolute Gasteiger partial charge is 0.268 e. The summed E-state index contributed by atoms with van der Waals surface area (Å²) in [6.07, 6.45) is 4.64. The first kappa shape index (κ1) is 18.9. The van der Waals surface area contributed by atoms with Crippen molar-refractivity contribution in [2.24, 2.45) is 7.05 Å². The van der Waals surface area contributed by atoms with Gasteiger partial charge < -0.3 is 4.90 Å². The molecule has 1 atom stereocenters. The largest absolute Gasteiger partial charge is 0.334 e. The van der Waals surface area contributed by atoms with Crippen molar-refractivity contribution in [1.82, 2.24) is 19.7 Å². The Morgan fingerprint density at radius 3 is 2.92 bits per heavy atom. The number of likely N-dealkylation sites (tertiary alicyclic amines) is 1. The molecular weight excluding hydrogens is 370 g/mol. The molecule has 140 valence electrons. The highest BCUT2D eigenvalue weighted by molar-refractivity contribution is 7.99. The lowest BCUT2D eigenvalue weighted by Gasteiger charge is -2.23. The van der Waals surface area contributed by atoms with E-state index in [4.69, 9.17) is 0 Å². The second-order valence-electron chi connectivity index (χ2n) is 6.16. The minimum absolute atomic E-state index is 0.0841. The van der Waals surface area contributed by atoms with E-state index >= 15 is 0 Å². The Morgan fingerprint density at radius 2 is 2.23 bits per heavy atom. The molecule has 1 aliphatic rings. The van der Waals surface area contributed by atoms with Gasteiger partial charge in [0.2, 0.25) is 11.9 Å². The Bertz CT molecular complexity index is 801. The normalized spacial score (nSPS) is 16.9. The summed E-state index contributed by atoms with van der Waals surface area (Å²) in [6.45, 7) is 2.79. The number of rotatable bonds is 6. The van der Waals surface area contributed by atoms with Crippen LogP contribution in [0.15, 0.2) is 12.1 Å². The number of nitrogens with zero attached hydrogens (tertiary/aromatic N) is 4. The Balaban J connectivity index is 1.70. The molecule has 2 aromatic rings. The van der Waals surface area contributed by atoms with Crippen molar-refractivity contribution in [3.8, 4) is 0 Å². The Kier molecular flexibility index (Phi) is 5.98. The van der Waals surface area contributed by atoms with Gasteiger partial charge in [-0.2, -0.15) is 16.7 Å². The number of aryl methyl sites for hydroxylation is 2. The second-order valence-corrected chi connectivity index (χ2v) is 8.14. The van der Waals surface area contributed by atoms with Crippen molar-refractivity contribution in [2.45, 2.75) is 32.2 Å². The van der Waals surface area contributed by atoms with Crippen molar-refractivity contribution >= 4 is 40.9 Å². The molecule has 0 spiro atoms. The van der Waals surface area contributed by atoms with Gasteiger partial charge in [0, 0.05) is 24.9 Å². The molecule has 2 aromatic heterocycles. The highest BCUT2D eigenvalue weighted by Crippen LogP contribution is 2.36. The zero-order chi connectivity index (χ0) is 18.7. The molecule has 0 bridgehead atoms. The summed E-state index contributed by atoms with van der Waals surface area (Å²) < 4.78 is 1.67. The van der Waals surface area contributed by atoms with E-state index in [1.807, 2.05) is 37.3 Å². The Hall–Kier alpha value is -1.87. The average molecular weight is 394 g/mol. The summed E-state index contributed by atoms with van der Waals surface area (Å²) in [5.74, 6) is 1.60. The summed E-state index contributed by atoms with van der Waals surface area (Å²) in [7, 11) is 1.81. The van der Waals surface area contributed by atoms with Crippen molar-refractivity contribution < 1.29 is 9.59 Å². The maximum Gasteiger partial charge on any atom is 0.268 e. The quantitative estimate of drug-likeness (QED) is 0.816. The van der Waals surface area contributed by atoms with Crippen LogP contribution >= 0.6 is 23.1 Å². The number of nitrogens with one attached hydrogen (secondary N) is 1. The van der Waals surface area contributed by atoms with Gasteiger partial charge in [0.15, 0.2) is 0 Å². The fraction of sp³-hybridized carbons (Fsp3) is 0.529. The van der Waals surface area contributed by atoms with Crippen molar-refractivity contribution in [3.63, 3.8) is 0 Å². The van der Waals surface area contributed by atoms with Crippen LogP contribution < -0.4 is 5.32 Å². The third-order valence-corrected chi connectivity index (χ3v) is 6.14. The summed E-state index contributed by atoms with van der Waals surface area (Å²) in [4.78, 5) is 32.7. The second kappa shape index (κ2) is 8.22. The van der Waals surface area contributed by atoms with Crippen LogP contribution in [0.25, 0.3) is 0 Å². The molecule has 1 aliphatic heterocycles. The number of hydrogen-bond donors (Lipinski definition) is 1. The van der Waals surface area contributed by atoms with Gasteiger partial charge in [0.05, 0.1) is 16.7 Å². The van der Waals surface area contributed by atoms with E-state index in [-0.39, 0.29) is 17.9 Å². The number of amides is 2. The van der Waals surface area contributed by atoms with Gasteiger partial charge in [-0.3, -0.25) is 19.6 Å². The number of thiophene rings is 1. The minimum Gasteiger partial charge on any atom is -0.334 e. The number of carbonyl (C=O) groups is 2. The van der Waals surface area contributed by atoms with E-state index in [2.05, 4.69) is 15.4 Å². The van der Waals surface area contributed by atoms with Gasteiger partial charge in [-0.25, -0.2) is 0 Å². The van der Waals surface area contributed by atoms with Crippen LogP contribution in [0.5, 0.6) is 0 Å². The summed E-state index contributed by atoms with van der Waals surface area (Å²) in [5.41, 5.74) is 0. The third-order valence-electron chi connectivity index (χ3n) is 4.41. The number of thioether (sulfide) groups is 1. The average Bonchev–Trinajstić information content (AvgIpc) is 3.33. The number of anilines is 1. The van der Waals surface area contributed by atoms with Crippen LogP contribution in [-0.2, 0) is 18.3 Å². The first-order valence-corrected chi connectivity index (χ1v) is 10.8. The van der Waals surface area contributed by atoms with Gasteiger partial charge >= 0.3 is 0 Å². The van der Waals surface area contributed by atoms with Crippen LogP contribution in [0.3, 0.4) is 0 Å². The first-order chi connectivity index (χ1) is 12.5. The van der Waals surface area contributed by atoms with Crippen molar-refractivity contribution in [1.29, 1.82) is 0 Å². The van der Waals surface area contributed by atoms with E-state index in [0.29, 0.717) is 16.6 Å². The molecule has 1 N–H and O–H groups in total. The lowest BCUT2D eigenvalue weighted by atomic mass is 10.2. The monoisotopic (exact) mass is 393 g/mol. The molecule has 0 radical (unpaired) electrons. The molecule has 26 heavy (non-hydrogen) atoms. The zero-order valence-corrected chi connectivity index (χ0v) is 16.8. The number of carbonyl (C=O) groups excluding carboxylic acids is 2.